The number of H-pyrrole nitrogens is 1. The summed E-state index contributed by atoms with van der Waals surface area (Å²) < 4.78 is 4.15. The summed E-state index contributed by atoms with van der Waals surface area (Å²) in [4.78, 5) is 20.4. The number of aromatic nitrogens is 4. The molecule has 0 unspecified atom stereocenters. The van der Waals surface area contributed by atoms with Crippen LogP contribution in [-0.2, 0) is 0 Å². The molecule has 0 bridgehead atoms. The predicted octanol–water partition coefficient (Wildman–Crippen LogP) is 5.86. The first kappa shape index (κ1) is 22.9. The lowest BCUT2D eigenvalue weighted by Gasteiger charge is -2.00. The Bertz CT molecular complexity index is 1880. The Balaban J connectivity index is 1.46. The van der Waals surface area contributed by atoms with Crippen molar-refractivity contribution >= 4 is 68.2 Å². The quantitative estimate of drug-likeness (QED) is 0.301. The van der Waals surface area contributed by atoms with Gasteiger partial charge < -0.3 is 4.98 Å². The predicted molar refractivity (Wildman–Crippen MR) is 150 cm³/mol. The Morgan fingerprint density at radius 1 is 0.889 bits per heavy atom. The summed E-state index contributed by atoms with van der Waals surface area (Å²) in [5, 5.41) is 6.92. The van der Waals surface area contributed by atoms with E-state index in [1.165, 1.54) is 11.3 Å². The van der Waals surface area contributed by atoms with E-state index in [9.17, 15) is 4.79 Å². The van der Waals surface area contributed by atoms with Crippen LogP contribution in [0.15, 0.2) is 83.8 Å². The van der Waals surface area contributed by atoms with Gasteiger partial charge in [0.2, 0.25) is 0 Å². The van der Waals surface area contributed by atoms with Gasteiger partial charge in [-0.3, -0.25) is 4.79 Å². The number of rotatable bonds is 4. The van der Waals surface area contributed by atoms with E-state index >= 15 is 0 Å². The van der Waals surface area contributed by atoms with Crippen molar-refractivity contribution in [2.45, 2.75) is 0 Å². The van der Waals surface area contributed by atoms with E-state index in [2.05, 4.69) is 9.97 Å². The lowest BCUT2D eigenvalue weighted by Crippen LogP contribution is -2.19. The first-order valence-corrected chi connectivity index (χ1v) is 13.3. The van der Waals surface area contributed by atoms with Gasteiger partial charge in [-0.2, -0.15) is 5.10 Å². The van der Waals surface area contributed by atoms with Crippen molar-refractivity contribution in [3.63, 3.8) is 0 Å². The highest BCUT2D eigenvalue weighted by Crippen LogP contribution is 2.26. The maximum atomic E-state index is 12.8. The van der Waals surface area contributed by atoms with Crippen molar-refractivity contribution in [1.29, 1.82) is 0 Å². The molecule has 176 valence electrons. The summed E-state index contributed by atoms with van der Waals surface area (Å²) in [5.41, 5.74) is 4.10. The number of nitrogens with one attached hydrogen (secondary N) is 1. The second-order valence-corrected chi connectivity index (χ2v) is 11.0. The van der Waals surface area contributed by atoms with Crippen LogP contribution >= 0.6 is 45.9 Å². The fourth-order valence-electron chi connectivity index (χ4n) is 3.80. The summed E-state index contributed by atoms with van der Waals surface area (Å²) in [6, 6.07) is 23.0. The normalized spacial score (nSPS) is 12.6. The molecule has 3 heterocycles. The molecule has 0 atom stereocenters. The van der Waals surface area contributed by atoms with Crippen LogP contribution in [0.3, 0.4) is 0 Å². The van der Waals surface area contributed by atoms with Gasteiger partial charge in [0.15, 0.2) is 0 Å². The van der Waals surface area contributed by atoms with Gasteiger partial charge in [-0.1, -0.05) is 53.5 Å². The summed E-state index contributed by atoms with van der Waals surface area (Å²) in [7, 11) is 0. The van der Waals surface area contributed by atoms with E-state index in [1.807, 2.05) is 95.8 Å². The third-order valence-electron chi connectivity index (χ3n) is 5.47. The van der Waals surface area contributed by atoms with E-state index in [0.717, 1.165) is 42.4 Å². The van der Waals surface area contributed by atoms with Crippen molar-refractivity contribution in [3.8, 4) is 16.9 Å². The molecule has 0 aliphatic heterocycles. The minimum absolute atomic E-state index is 0.162. The lowest BCUT2D eigenvalue weighted by atomic mass is 10.1. The molecule has 0 saturated carbocycles. The van der Waals surface area contributed by atoms with Crippen LogP contribution in [-0.4, -0.2) is 19.7 Å². The third-order valence-corrected chi connectivity index (χ3v) is 7.90. The van der Waals surface area contributed by atoms with Crippen LogP contribution in [0, 0.1) is 0 Å². The van der Waals surface area contributed by atoms with Gasteiger partial charge in [0.05, 0.1) is 25.1 Å². The molecule has 3 aromatic carbocycles. The van der Waals surface area contributed by atoms with Crippen molar-refractivity contribution in [2.75, 3.05) is 0 Å². The summed E-state index contributed by atoms with van der Waals surface area (Å²) in [6.45, 7) is 0. The first-order chi connectivity index (χ1) is 17.5. The second-order valence-electron chi connectivity index (χ2n) is 7.96. The molecule has 0 radical (unpaired) electrons. The van der Waals surface area contributed by atoms with E-state index in [1.54, 1.807) is 11.3 Å². The van der Waals surface area contributed by atoms with Crippen LogP contribution in [0.4, 0.5) is 0 Å². The lowest BCUT2D eigenvalue weighted by molar-refractivity contribution is 0.884. The first-order valence-electron chi connectivity index (χ1n) is 10.9. The smallest absolute Gasteiger partial charge is 0.266 e. The van der Waals surface area contributed by atoms with Crippen LogP contribution in [0.25, 0.3) is 39.3 Å². The molecule has 0 fully saturated rings. The molecule has 0 saturated heterocycles. The SMILES string of the molecule is O=c1[nH]/c(=C\c2nc3cc(Cl)ccc3s2)s/c1=C\c1cn(-c2ccccc2)nc1-c1ccc(Cl)cc1. The number of thiazole rings is 2. The number of hydrogen-bond acceptors (Lipinski definition) is 5. The summed E-state index contributed by atoms with van der Waals surface area (Å²) >= 11 is 15.1. The van der Waals surface area contributed by atoms with Gasteiger partial charge in [-0.15, -0.1) is 22.7 Å². The summed E-state index contributed by atoms with van der Waals surface area (Å²) in [6.07, 6.45) is 5.68. The highest BCUT2D eigenvalue weighted by atomic mass is 35.5. The molecular weight excluding hydrogens is 531 g/mol. The van der Waals surface area contributed by atoms with Gasteiger partial charge in [0.1, 0.15) is 10.7 Å². The molecule has 0 aliphatic rings. The van der Waals surface area contributed by atoms with E-state index in [4.69, 9.17) is 28.3 Å². The monoisotopic (exact) mass is 546 g/mol. The van der Waals surface area contributed by atoms with Crippen LogP contribution < -0.4 is 14.8 Å². The average molecular weight is 547 g/mol. The van der Waals surface area contributed by atoms with E-state index in [0.29, 0.717) is 14.6 Å². The number of benzene rings is 3. The molecule has 3 aromatic heterocycles. The minimum atomic E-state index is -0.162. The van der Waals surface area contributed by atoms with Crippen molar-refractivity contribution in [1.82, 2.24) is 19.7 Å². The number of fused-ring (bicyclic) bond motifs is 1. The fraction of sp³-hybridized carbons (Fsp3) is 0. The van der Waals surface area contributed by atoms with Gasteiger partial charge in [0, 0.05) is 33.4 Å². The van der Waals surface area contributed by atoms with Gasteiger partial charge >= 0.3 is 0 Å². The average Bonchev–Trinajstić information content (AvgIpc) is 3.57. The fourth-order valence-corrected chi connectivity index (χ4v) is 5.93. The number of para-hydroxylation sites is 1. The topological polar surface area (TPSA) is 63.6 Å². The molecule has 1 N–H and O–H groups in total. The third kappa shape index (κ3) is 4.66. The Labute approximate surface area is 223 Å². The molecule has 36 heavy (non-hydrogen) atoms. The van der Waals surface area contributed by atoms with Crippen molar-refractivity contribution in [3.05, 3.63) is 119 Å². The second kappa shape index (κ2) is 9.52. The van der Waals surface area contributed by atoms with Gasteiger partial charge in [0.25, 0.3) is 5.56 Å². The Kier molecular flexibility index (Phi) is 6.07. The standard InChI is InChI=1S/C27H16Cl2N4OS2/c28-18-8-6-16(7-9-18)26-17(15-33(32-26)20-4-2-1-3-5-20)12-23-27(34)31-25(36-23)14-24-30-21-13-19(29)10-11-22(21)35-24/h1-15H,(H,31,34)/b23-12-,25-14+. The maximum absolute atomic E-state index is 12.8. The minimum Gasteiger partial charge on any atom is -0.313 e. The molecule has 0 amide bonds. The maximum Gasteiger partial charge on any atom is 0.266 e. The van der Waals surface area contributed by atoms with Crippen molar-refractivity contribution in [2.24, 2.45) is 0 Å². The van der Waals surface area contributed by atoms with E-state index in [-0.39, 0.29) is 5.56 Å². The van der Waals surface area contributed by atoms with Crippen LogP contribution in [0.1, 0.15) is 10.6 Å². The van der Waals surface area contributed by atoms with Gasteiger partial charge in [-0.25, -0.2) is 9.67 Å². The zero-order valence-corrected chi connectivity index (χ0v) is 21.6. The zero-order chi connectivity index (χ0) is 24.6. The molecular formula is C27H16Cl2N4OS2. The molecule has 0 aliphatic carbocycles. The number of halogens is 2. The zero-order valence-electron chi connectivity index (χ0n) is 18.5. The number of hydrogen-bond donors (Lipinski definition) is 1. The van der Waals surface area contributed by atoms with Gasteiger partial charge in [-0.05, 0) is 48.5 Å². The molecule has 9 heteroatoms. The highest BCUT2D eigenvalue weighted by molar-refractivity contribution is 7.19. The molecule has 0 spiro atoms. The number of nitrogens with zero attached hydrogens (tertiary/aromatic N) is 3. The Morgan fingerprint density at radius 2 is 1.67 bits per heavy atom. The molecule has 5 nitrogen and oxygen atoms in total. The van der Waals surface area contributed by atoms with Crippen LogP contribution in [0.2, 0.25) is 10.0 Å². The Hall–Kier alpha value is -3.49. The van der Waals surface area contributed by atoms with E-state index < -0.39 is 0 Å². The largest absolute Gasteiger partial charge is 0.313 e. The molecule has 6 aromatic rings. The van der Waals surface area contributed by atoms with Crippen molar-refractivity contribution < 1.29 is 0 Å². The highest BCUT2D eigenvalue weighted by Gasteiger charge is 2.12. The number of aromatic amines is 1. The van der Waals surface area contributed by atoms with Crippen LogP contribution in [0.5, 0.6) is 0 Å². The molecule has 6 rings (SSSR count). The Morgan fingerprint density at radius 3 is 2.47 bits per heavy atom. The summed E-state index contributed by atoms with van der Waals surface area (Å²) in [5.74, 6) is 0.